The zero-order valence-corrected chi connectivity index (χ0v) is 13.9. The number of hydrogen-bond acceptors (Lipinski definition) is 6. The van der Waals surface area contributed by atoms with Crippen molar-refractivity contribution in [2.45, 2.75) is 13.1 Å². The van der Waals surface area contributed by atoms with Crippen molar-refractivity contribution in [3.63, 3.8) is 0 Å². The van der Waals surface area contributed by atoms with Crippen molar-refractivity contribution in [1.82, 2.24) is 14.8 Å². The van der Waals surface area contributed by atoms with Gasteiger partial charge < -0.3 is 10.8 Å². The van der Waals surface area contributed by atoms with Gasteiger partial charge in [-0.05, 0) is 17.7 Å². The molecule has 0 saturated carbocycles. The molecule has 1 aromatic heterocycles. The van der Waals surface area contributed by atoms with Gasteiger partial charge in [0.25, 0.3) is 0 Å². The minimum absolute atomic E-state index is 0. The first-order valence-corrected chi connectivity index (χ1v) is 7.93. The van der Waals surface area contributed by atoms with Gasteiger partial charge in [-0.15, -0.1) is 23.7 Å². The van der Waals surface area contributed by atoms with Crippen LogP contribution >= 0.6 is 23.7 Å². The largest absolute Gasteiger partial charge is 0.508 e. The van der Waals surface area contributed by atoms with Crippen LogP contribution in [0.1, 0.15) is 10.4 Å². The Morgan fingerprint density at radius 2 is 1.82 bits per heavy atom. The van der Waals surface area contributed by atoms with E-state index in [-0.39, 0.29) is 12.4 Å². The van der Waals surface area contributed by atoms with Crippen molar-refractivity contribution >= 4 is 28.9 Å². The Balaban J connectivity index is 0.00000176. The molecule has 0 spiro atoms. The number of nitrogen functional groups attached to an aromatic ring is 1. The first-order valence-electron chi connectivity index (χ1n) is 7.12. The molecule has 1 saturated heterocycles. The maximum absolute atomic E-state index is 9.51. The number of aromatic hydroxyl groups is 1. The van der Waals surface area contributed by atoms with E-state index in [0.717, 1.165) is 39.3 Å². The Kier molecular flexibility index (Phi) is 6.02. The van der Waals surface area contributed by atoms with Gasteiger partial charge in [0.2, 0.25) is 0 Å². The number of rotatable bonds is 4. The zero-order valence-electron chi connectivity index (χ0n) is 12.3. The van der Waals surface area contributed by atoms with Crippen LogP contribution in [0, 0.1) is 0 Å². The second-order valence-corrected chi connectivity index (χ2v) is 6.53. The minimum atomic E-state index is 0. The fraction of sp³-hybridized carbons (Fsp3) is 0.400. The summed E-state index contributed by atoms with van der Waals surface area (Å²) >= 11 is 1.57. The third-order valence-electron chi connectivity index (χ3n) is 3.73. The van der Waals surface area contributed by atoms with Crippen LogP contribution in [0.5, 0.6) is 5.75 Å². The van der Waals surface area contributed by atoms with Gasteiger partial charge in [0.1, 0.15) is 5.75 Å². The van der Waals surface area contributed by atoms with E-state index in [2.05, 4.69) is 20.9 Å². The Bertz CT molecular complexity index is 599. The lowest BCUT2D eigenvalue weighted by Crippen LogP contribution is -2.45. The van der Waals surface area contributed by atoms with Gasteiger partial charge in [-0.1, -0.05) is 12.1 Å². The molecule has 1 aliphatic rings. The second kappa shape index (κ2) is 7.78. The molecule has 0 amide bonds. The third kappa shape index (κ3) is 4.58. The SMILES string of the molecule is Cl.Nc1ncc(CN2CCN(Cc3cccc(O)c3)CC2)s1. The fourth-order valence-corrected chi connectivity index (χ4v) is 3.36. The second-order valence-electron chi connectivity index (χ2n) is 5.39. The van der Waals surface area contributed by atoms with Gasteiger partial charge in [0.05, 0.1) is 0 Å². The number of benzene rings is 1. The van der Waals surface area contributed by atoms with E-state index < -0.39 is 0 Å². The monoisotopic (exact) mass is 340 g/mol. The summed E-state index contributed by atoms with van der Waals surface area (Å²) in [6, 6.07) is 7.51. The summed E-state index contributed by atoms with van der Waals surface area (Å²) < 4.78 is 0. The van der Waals surface area contributed by atoms with Crippen LogP contribution in [0.4, 0.5) is 5.13 Å². The fourth-order valence-electron chi connectivity index (χ4n) is 2.63. The Hall–Kier alpha value is -1.34. The smallest absolute Gasteiger partial charge is 0.180 e. The lowest BCUT2D eigenvalue weighted by molar-refractivity contribution is 0.122. The van der Waals surface area contributed by atoms with E-state index in [0.29, 0.717) is 10.9 Å². The van der Waals surface area contributed by atoms with Crippen molar-refractivity contribution in [2.75, 3.05) is 31.9 Å². The predicted molar refractivity (Wildman–Crippen MR) is 92.4 cm³/mol. The summed E-state index contributed by atoms with van der Waals surface area (Å²) in [5.41, 5.74) is 6.83. The molecule has 2 heterocycles. The summed E-state index contributed by atoms with van der Waals surface area (Å²) in [5, 5.41) is 10.2. The molecule has 0 radical (unpaired) electrons. The van der Waals surface area contributed by atoms with Crippen molar-refractivity contribution in [1.29, 1.82) is 0 Å². The molecule has 2 aromatic rings. The summed E-state index contributed by atoms with van der Waals surface area (Å²) in [4.78, 5) is 10.2. The molecule has 1 fully saturated rings. The number of nitrogens with two attached hydrogens (primary N) is 1. The average Bonchev–Trinajstić information content (AvgIpc) is 2.86. The normalized spacial score (nSPS) is 16.4. The average molecular weight is 341 g/mol. The molecule has 120 valence electrons. The standard InChI is InChI=1S/C15H20N4OS.ClH/c16-15-17-9-14(21-15)11-19-6-4-18(5-7-19)10-12-2-1-3-13(20)8-12;/h1-3,8-9,20H,4-7,10-11H2,(H2,16,17);1H. The number of phenolic OH excluding ortho intramolecular Hbond substituents is 1. The van der Waals surface area contributed by atoms with Crippen LogP contribution in [-0.2, 0) is 13.1 Å². The summed E-state index contributed by atoms with van der Waals surface area (Å²) in [6.07, 6.45) is 1.87. The highest BCUT2D eigenvalue weighted by molar-refractivity contribution is 7.15. The molecule has 5 nitrogen and oxygen atoms in total. The van der Waals surface area contributed by atoms with Crippen LogP contribution in [0.25, 0.3) is 0 Å². The molecular formula is C15H21ClN4OS. The molecule has 0 aliphatic carbocycles. The maximum Gasteiger partial charge on any atom is 0.180 e. The highest BCUT2D eigenvalue weighted by Gasteiger charge is 2.17. The molecule has 1 aromatic carbocycles. The first-order chi connectivity index (χ1) is 10.2. The van der Waals surface area contributed by atoms with E-state index >= 15 is 0 Å². The molecule has 7 heteroatoms. The van der Waals surface area contributed by atoms with Crippen molar-refractivity contribution in [2.24, 2.45) is 0 Å². The van der Waals surface area contributed by atoms with Crippen molar-refractivity contribution in [3.8, 4) is 5.75 Å². The Labute approximate surface area is 140 Å². The number of hydrogen-bond donors (Lipinski definition) is 2. The minimum Gasteiger partial charge on any atom is -0.508 e. The quantitative estimate of drug-likeness (QED) is 0.893. The summed E-state index contributed by atoms with van der Waals surface area (Å²) in [6.45, 7) is 6.03. The molecule has 0 atom stereocenters. The molecule has 0 bridgehead atoms. The topological polar surface area (TPSA) is 65.6 Å². The number of nitrogens with zero attached hydrogens (tertiary/aromatic N) is 3. The van der Waals surface area contributed by atoms with Crippen LogP contribution < -0.4 is 5.73 Å². The molecule has 3 rings (SSSR count). The third-order valence-corrected chi connectivity index (χ3v) is 4.54. The van der Waals surface area contributed by atoms with Gasteiger partial charge in [-0.2, -0.15) is 0 Å². The van der Waals surface area contributed by atoms with E-state index in [9.17, 15) is 5.11 Å². The molecule has 3 N–H and O–H groups in total. The van der Waals surface area contributed by atoms with E-state index in [1.54, 1.807) is 17.4 Å². The molecule has 0 unspecified atom stereocenters. The van der Waals surface area contributed by atoms with Gasteiger partial charge in [-0.25, -0.2) is 4.98 Å². The van der Waals surface area contributed by atoms with Gasteiger partial charge in [0.15, 0.2) is 5.13 Å². The van der Waals surface area contributed by atoms with Gasteiger partial charge in [-0.3, -0.25) is 9.80 Å². The Morgan fingerprint density at radius 3 is 2.41 bits per heavy atom. The number of halogens is 1. The number of phenols is 1. The first kappa shape index (κ1) is 17.0. The van der Waals surface area contributed by atoms with Crippen LogP contribution in [-0.4, -0.2) is 46.1 Å². The lowest BCUT2D eigenvalue weighted by atomic mass is 10.2. The zero-order chi connectivity index (χ0) is 14.7. The van der Waals surface area contributed by atoms with E-state index in [1.165, 1.54) is 10.4 Å². The Morgan fingerprint density at radius 1 is 1.14 bits per heavy atom. The maximum atomic E-state index is 9.51. The number of thiazole rings is 1. The molecular weight excluding hydrogens is 320 g/mol. The van der Waals surface area contributed by atoms with Crippen molar-refractivity contribution < 1.29 is 5.11 Å². The highest BCUT2D eigenvalue weighted by atomic mass is 35.5. The molecule has 22 heavy (non-hydrogen) atoms. The van der Waals surface area contributed by atoms with Crippen LogP contribution in [0.2, 0.25) is 0 Å². The van der Waals surface area contributed by atoms with Crippen LogP contribution in [0.3, 0.4) is 0 Å². The summed E-state index contributed by atoms with van der Waals surface area (Å²) in [7, 11) is 0. The van der Waals surface area contributed by atoms with E-state index in [1.807, 2.05) is 18.3 Å². The lowest BCUT2D eigenvalue weighted by Gasteiger charge is -2.34. The number of piperazine rings is 1. The van der Waals surface area contributed by atoms with Gasteiger partial charge >= 0.3 is 0 Å². The molecule has 1 aliphatic heterocycles. The van der Waals surface area contributed by atoms with Crippen molar-refractivity contribution in [3.05, 3.63) is 40.9 Å². The predicted octanol–water partition coefficient (Wildman–Crippen LogP) is 2.17. The number of aromatic nitrogens is 1. The highest BCUT2D eigenvalue weighted by Crippen LogP contribution is 2.18. The van der Waals surface area contributed by atoms with Crippen LogP contribution in [0.15, 0.2) is 30.5 Å². The number of anilines is 1. The van der Waals surface area contributed by atoms with Gasteiger partial charge in [0, 0.05) is 50.3 Å². The van der Waals surface area contributed by atoms with E-state index in [4.69, 9.17) is 5.73 Å². The summed E-state index contributed by atoms with van der Waals surface area (Å²) in [5.74, 6) is 0.342.